The van der Waals surface area contributed by atoms with Crippen molar-refractivity contribution in [1.29, 1.82) is 0 Å². The number of esters is 1. The van der Waals surface area contributed by atoms with Gasteiger partial charge in [-0.15, -0.1) is 0 Å². The highest BCUT2D eigenvalue weighted by molar-refractivity contribution is 9.10. The molecule has 1 aliphatic rings. The fraction of sp³-hybridized carbons (Fsp3) is 0.529. The number of ether oxygens (including phenoxy) is 1. The van der Waals surface area contributed by atoms with E-state index in [0.717, 1.165) is 25.3 Å². The molecule has 25 heavy (non-hydrogen) atoms. The van der Waals surface area contributed by atoms with E-state index in [4.69, 9.17) is 4.74 Å². The second kappa shape index (κ2) is 8.42. The van der Waals surface area contributed by atoms with E-state index in [-0.39, 0.29) is 27.7 Å². The van der Waals surface area contributed by atoms with Crippen molar-refractivity contribution in [2.75, 3.05) is 6.61 Å². The third-order valence-corrected chi connectivity index (χ3v) is 5.44. The van der Waals surface area contributed by atoms with Crippen molar-refractivity contribution in [2.45, 2.75) is 39.2 Å². The van der Waals surface area contributed by atoms with Crippen LogP contribution in [0.2, 0.25) is 0 Å². The van der Waals surface area contributed by atoms with Crippen LogP contribution in [-0.2, 0) is 9.53 Å². The maximum atomic E-state index is 12.0. The lowest BCUT2D eigenvalue weighted by Crippen LogP contribution is -2.45. The molecule has 0 bridgehead atoms. The van der Waals surface area contributed by atoms with Gasteiger partial charge >= 0.3 is 5.97 Å². The predicted octanol–water partition coefficient (Wildman–Crippen LogP) is 3.46. The first kappa shape index (κ1) is 19.4. The minimum Gasteiger partial charge on any atom is -0.452 e. The number of hydrogen-bond acceptors (Lipinski definition) is 5. The lowest BCUT2D eigenvalue weighted by atomic mass is 9.78. The molecule has 1 aromatic carbocycles. The average Bonchev–Trinajstić information content (AvgIpc) is 2.57. The SMILES string of the molecule is C[C@H]1[C@@H](NC(=O)COC(=O)c2ccc(Br)c([N+](=O)[O-])c2)CCC[C@@H]1C. The molecule has 1 saturated carbocycles. The van der Waals surface area contributed by atoms with Gasteiger partial charge in [0.15, 0.2) is 6.61 Å². The summed E-state index contributed by atoms with van der Waals surface area (Å²) in [4.78, 5) is 34.3. The van der Waals surface area contributed by atoms with Crippen molar-refractivity contribution in [3.63, 3.8) is 0 Å². The molecule has 0 unspecified atom stereocenters. The summed E-state index contributed by atoms with van der Waals surface area (Å²) in [6.07, 6.45) is 3.15. The predicted molar refractivity (Wildman–Crippen MR) is 95.2 cm³/mol. The Labute approximate surface area is 154 Å². The highest BCUT2D eigenvalue weighted by atomic mass is 79.9. The molecule has 0 radical (unpaired) electrons. The molecular weight excluding hydrogens is 392 g/mol. The minimum absolute atomic E-state index is 0.0300. The number of amides is 1. The van der Waals surface area contributed by atoms with Crippen molar-refractivity contribution in [3.8, 4) is 0 Å². The number of nitro benzene ring substituents is 1. The van der Waals surface area contributed by atoms with Crippen LogP contribution in [0.25, 0.3) is 0 Å². The quantitative estimate of drug-likeness (QED) is 0.453. The van der Waals surface area contributed by atoms with Crippen molar-refractivity contribution in [3.05, 3.63) is 38.3 Å². The normalized spacial score (nSPS) is 22.9. The van der Waals surface area contributed by atoms with Crippen LogP contribution in [0.5, 0.6) is 0 Å². The molecular formula is C17H21BrN2O5. The van der Waals surface area contributed by atoms with E-state index in [0.29, 0.717) is 11.8 Å². The van der Waals surface area contributed by atoms with Gasteiger partial charge in [0.1, 0.15) is 0 Å². The Hall–Kier alpha value is -1.96. The van der Waals surface area contributed by atoms with Crippen molar-refractivity contribution >= 4 is 33.5 Å². The molecule has 0 spiro atoms. The molecule has 3 atom stereocenters. The molecule has 0 heterocycles. The first-order valence-electron chi connectivity index (χ1n) is 8.20. The summed E-state index contributed by atoms with van der Waals surface area (Å²) >= 11 is 3.05. The molecule has 1 fully saturated rings. The molecule has 1 aliphatic carbocycles. The van der Waals surface area contributed by atoms with E-state index in [1.54, 1.807) is 0 Å². The van der Waals surface area contributed by atoms with Gasteiger partial charge in [-0.1, -0.05) is 26.7 Å². The molecule has 136 valence electrons. The van der Waals surface area contributed by atoms with Crippen LogP contribution in [-0.4, -0.2) is 29.4 Å². The van der Waals surface area contributed by atoms with Crippen LogP contribution in [0.15, 0.2) is 22.7 Å². The van der Waals surface area contributed by atoms with Gasteiger partial charge in [0.2, 0.25) is 0 Å². The molecule has 1 aromatic rings. The molecule has 8 heteroatoms. The smallest absolute Gasteiger partial charge is 0.338 e. The minimum atomic E-state index is -0.768. The number of hydrogen-bond donors (Lipinski definition) is 1. The Bertz CT molecular complexity index is 679. The summed E-state index contributed by atoms with van der Waals surface area (Å²) in [7, 11) is 0. The van der Waals surface area contributed by atoms with E-state index < -0.39 is 17.5 Å². The molecule has 0 aromatic heterocycles. The van der Waals surface area contributed by atoms with Crippen LogP contribution in [0, 0.1) is 22.0 Å². The molecule has 1 amide bonds. The highest BCUT2D eigenvalue weighted by Crippen LogP contribution is 2.29. The zero-order valence-electron chi connectivity index (χ0n) is 14.2. The zero-order valence-corrected chi connectivity index (χ0v) is 15.7. The Kier molecular flexibility index (Phi) is 6.52. The first-order chi connectivity index (χ1) is 11.8. The maximum absolute atomic E-state index is 12.0. The van der Waals surface area contributed by atoms with Gasteiger partial charge in [-0.2, -0.15) is 0 Å². The summed E-state index contributed by atoms with van der Waals surface area (Å²) in [5, 5.41) is 13.8. The number of nitro groups is 1. The number of rotatable bonds is 5. The number of nitrogens with one attached hydrogen (secondary N) is 1. The van der Waals surface area contributed by atoms with Gasteiger partial charge in [-0.25, -0.2) is 4.79 Å². The van der Waals surface area contributed by atoms with Crippen LogP contribution < -0.4 is 5.32 Å². The van der Waals surface area contributed by atoms with Gasteiger partial charge in [-0.3, -0.25) is 14.9 Å². The fourth-order valence-corrected chi connectivity index (χ4v) is 3.42. The first-order valence-corrected chi connectivity index (χ1v) is 8.99. The topological polar surface area (TPSA) is 98.5 Å². The molecule has 2 rings (SSSR count). The van der Waals surface area contributed by atoms with Gasteiger partial charge < -0.3 is 10.1 Å². The molecule has 0 saturated heterocycles. The summed E-state index contributed by atoms with van der Waals surface area (Å²) in [5.74, 6) is -0.200. The van der Waals surface area contributed by atoms with Crippen LogP contribution in [0.1, 0.15) is 43.5 Å². The summed E-state index contributed by atoms with van der Waals surface area (Å²) in [5.41, 5.74) is -0.203. The molecule has 1 N–H and O–H groups in total. The Morgan fingerprint density at radius 3 is 2.76 bits per heavy atom. The molecule has 7 nitrogen and oxygen atoms in total. The summed E-state index contributed by atoms with van der Waals surface area (Å²) in [6, 6.07) is 4.01. The fourth-order valence-electron chi connectivity index (χ4n) is 3.03. The van der Waals surface area contributed by atoms with Crippen molar-refractivity contribution < 1.29 is 19.2 Å². The number of carbonyl (C=O) groups excluding carboxylic acids is 2. The summed E-state index contributed by atoms with van der Waals surface area (Å²) < 4.78 is 5.25. The van der Waals surface area contributed by atoms with Crippen LogP contribution >= 0.6 is 15.9 Å². The number of nitrogens with zero attached hydrogens (tertiary/aromatic N) is 1. The van der Waals surface area contributed by atoms with E-state index in [9.17, 15) is 19.7 Å². The maximum Gasteiger partial charge on any atom is 0.338 e. The standard InChI is InChI=1S/C17H21BrN2O5/c1-10-4-3-5-14(11(10)2)19-16(21)9-25-17(22)12-6-7-13(18)15(8-12)20(23)24/h6-8,10-11,14H,3-5,9H2,1-2H3,(H,19,21)/t10-,11+,14-/m0/s1. The molecule has 0 aliphatic heterocycles. The van der Waals surface area contributed by atoms with Crippen molar-refractivity contribution in [2.24, 2.45) is 11.8 Å². The van der Waals surface area contributed by atoms with Gasteiger partial charge in [0.25, 0.3) is 11.6 Å². The second-order valence-electron chi connectivity index (χ2n) is 6.44. The Balaban J connectivity index is 1.90. The number of carbonyl (C=O) groups is 2. The third-order valence-electron chi connectivity index (χ3n) is 4.77. The summed E-state index contributed by atoms with van der Waals surface area (Å²) in [6.45, 7) is 3.88. The third kappa shape index (κ3) is 5.01. The number of benzene rings is 1. The van der Waals surface area contributed by atoms with Crippen LogP contribution in [0.4, 0.5) is 5.69 Å². The van der Waals surface area contributed by atoms with E-state index >= 15 is 0 Å². The highest BCUT2D eigenvalue weighted by Gasteiger charge is 2.28. The average molecular weight is 413 g/mol. The Morgan fingerprint density at radius 2 is 2.08 bits per heavy atom. The monoisotopic (exact) mass is 412 g/mol. The van der Waals surface area contributed by atoms with Crippen LogP contribution in [0.3, 0.4) is 0 Å². The largest absolute Gasteiger partial charge is 0.452 e. The van der Waals surface area contributed by atoms with E-state index in [2.05, 4.69) is 35.1 Å². The zero-order chi connectivity index (χ0) is 18.6. The van der Waals surface area contributed by atoms with Crippen molar-refractivity contribution in [1.82, 2.24) is 5.32 Å². The van der Waals surface area contributed by atoms with Gasteiger partial charge in [0.05, 0.1) is 15.0 Å². The van der Waals surface area contributed by atoms with Gasteiger partial charge in [0, 0.05) is 12.1 Å². The number of halogens is 1. The van der Waals surface area contributed by atoms with E-state index in [1.165, 1.54) is 12.1 Å². The van der Waals surface area contributed by atoms with Gasteiger partial charge in [-0.05, 0) is 46.3 Å². The Morgan fingerprint density at radius 1 is 1.36 bits per heavy atom. The lowest BCUT2D eigenvalue weighted by molar-refractivity contribution is -0.385. The second-order valence-corrected chi connectivity index (χ2v) is 7.30. The van der Waals surface area contributed by atoms with E-state index in [1.807, 2.05) is 0 Å². The lowest BCUT2D eigenvalue weighted by Gasteiger charge is -2.34.